The molecule has 218 valence electrons. The smallest absolute Gasteiger partial charge is 0.305 e. The number of ether oxygens (including phenoxy) is 3. The Morgan fingerprint density at radius 2 is 1.69 bits per heavy atom. The van der Waals surface area contributed by atoms with Gasteiger partial charge in [-0.3, -0.25) is 8.98 Å². The summed E-state index contributed by atoms with van der Waals surface area (Å²) in [4.78, 5) is 11.3. The Morgan fingerprint density at radius 1 is 1.00 bits per heavy atom. The van der Waals surface area contributed by atoms with Crippen LogP contribution in [0.4, 0.5) is 0 Å². The van der Waals surface area contributed by atoms with Gasteiger partial charge in [-0.05, 0) is 71.4 Å². The normalized spacial score (nSPS) is 20.3. The lowest BCUT2D eigenvalue weighted by atomic mass is 10.0. The molecule has 0 aromatic heterocycles. The highest BCUT2D eigenvalue weighted by molar-refractivity contribution is 7.86. The minimum atomic E-state index is -4.01. The van der Waals surface area contributed by atoms with Crippen molar-refractivity contribution < 1.29 is 31.6 Å². The van der Waals surface area contributed by atoms with Gasteiger partial charge in [-0.15, -0.1) is 0 Å². The molecule has 3 atom stereocenters. The summed E-state index contributed by atoms with van der Waals surface area (Å²) in [7, 11) is -2.62. The molecule has 1 heterocycles. The number of rotatable bonds is 17. The lowest BCUT2D eigenvalue weighted by Crippen LogP contribution is -2.38. The summed E-state index contributed by atoms with van der Waals surface area (Å²) in [6, 6.07) is 6.64. The van der Waals surface area contributed by atoms with Crippen LogP contribution in [0.5, 0.6) is 0 Å². The van der Waals surface area contributed by atoms with Gasteiger partial charge in [-0.2, -0.15) is 8.42 Å². The topological polar surface area (TPSA) is 88.1 Å². The standard InChI is InChI=1S/C31H46O7S/c1-6-7-8-9-12-16-19-28(38-39(33,34)26-23-21-25(2)22-24-26)30-27(36-31(3,4)37-30)18-15-13-10-11-14-17-20-29(32)35-5/h10-12,15-16,18,21-24,27-28,30H,6-9,13-14,17,19-20H2,1-5H3/b11-10-,16-12-,18-15-/t27-,28-,30+/m1/s1. The first-order valence-corrected chi connectivity index (χ1v) is 15.4. The number of allylic oxidation sites excluding steroid dienone is 4. The second-order valence-electron chi connectivity index (χ2n) is 10.3. The molecule has 0 amide bonds. The van der Waals surface area contributed by atoms with E-state index in [9.17, 15) is 13.2 Å². The van der Waals surface area contributed by atoms with Gasteiger partial charge in [0.25, 0.3) is 10.1 Å². The molecule has 1 aliphatic rings. The number of hydrogen-bond donors (Lipinski definition) is 0. The van der Waals surface area contributed by atoms with E-state index in [0.29, 0.717) is 19.3 Å². The predicted molar refractivity (Wildman–Crippen MR) is 154 cm³/mol. The van der Waals surface area contributed by atoms with E-state index in [1.54, 1.807) is 24.3 Å². The first-order valence-electron chi connectivity index (χ1n) is 14.0. The molecule has 0 N–H and O–H groups in total. The van der Waals surface area contributed by atoms with Crippen molar-refractivity contribution in [1.82, 2.24) is 0 Å². The SMILES string of the molecule is CCCCC/C=C\C[C@@H](OS(=O)(=O)c1ccc(C)cc1)[C@H]1OC(C)(C)O[C@@H]1/C=C\C/C=C\CCCC(=O)OC. The molecule has 1 fully saturated rings. The lowest BCUT2D eigenvalue weighted by Gasteiger charge is -2.25. The molecule has 0 unspecified atom stereocenters. The molecule has 0 aliphatic carbocycles. The van der Waals surface area contributed by atoms with Gasteiger partial charge in [0.1, 0.15) is 18.3 Å². The largest absolute Gasteiger partial charge is 0.469 e. The molecule has 0 spiro atoms. The van der Waals surface area contributed by atoms with Crippen molar-refractivity contribution in [2.24, 2.45) is 0 Å². The van der Waals surface area contributed by atoms with Gasteiger partial charge in [0.05, 0.1) is 12.0 Å². The van der Waals surface area contributed by atoms with Crippen molar-refractivity contribution >= 4 is 16.1 Å². The van der Waals surface area contributed by atoms with Crippen LogP contribution in [0.1, 0.15) is 84.1 Å². The minimum absolute atomic E-state index is 0.118. The van der Waals surface area contributed by atoms with Crippen molar-refractivity contribution in [1.29, 1.82) is 0 Å². The van der Waals surface area contributed by atoms with Crippen LogP contribution in [0.3, 0.4) is 0 Å². The fourth-order valence-corrected chi connectivity index (χ4v) is 5.33. The van der Waals surface area contributed by atoms with E-state index in [2.05, 4.69) is 17.7 Å². The third kappa shape index (κ3) is 12.2. The van der Waals surface area contributed by atoms with Gasteiger partial charge >= 0.3 is 5.97 Å². The zero-order valence-electron chi connectivity index (χ0n) is 24.1. The van der Waals surface area contributed by atoms with E-state index >= 15 is 0 Å². The monoisotopic (exact) mass is 562 g/mol. The Balaban J connectivity index is 2.13. The summed E-state index contributed by atoms with van der Waals surface area (Å²) < 4.78 is 49.2. The molecule has 7 nitrogen and oxygen atoms in total. The van der Waals surface area contributed by atoms with Crippen LogP contribution in [0.2, 0.25) is 0 Å². The highest BCUT2D eigenvalue weighted by Gasteiger charge is 2.45. The van der Waals surface area contributed by atoms with E-state index in [1.165, 1.54) is 7.11 Å². The van der Waals surface area contributed by atoms with Crippen LogP contribution in [0.15, 0.2) is 65.6 Å². The van der Waals surface area contributed by atoms with Crippen molar-refractivity contribution in [2.75, 3.05) is 7.11 Å². The molecule has 0 bridgehead atoms. The zero-order chi connectivity index (χ0) is 28.7. The first-order chi connectivity index (χ1) is 18.6. The van der Waals surface area contributed by atoms with E-state index in [0.717, 1.165) is 44.1 Å². The number of methoxy groups -OCH3 is 1. The number of esters is 1. The maximum Gasteiger partial charge on any atom is 0.305 e. The van der Waals surface area contributed by atoms with Gasteiger partial charge in [0.15, 0.2) is 5.79 Å². The van der Waals surface area contributed by atoms with Gasteiger partial charge in [-0.1, -0.05) is 73.9 Å². The first kappa shape index (κ1) is 32.9. The van der Waals surface area contributed by atoms with Crippen LogP contribution in [-0.2, 0) is 33.3 Å². The van der Waals surface area contributed by atoms with E-state index in [-0.39, 0.29) is 10.9 Å². The molecule has 1 saturated heterocycles. The van der Waals surface area contributed by atoms with Crippen LogP contribution in [0.25, 0.3) is 0 Å². The van der Waals surface area contributed by atoms with Crippen LogP contribution in [-0.4, -0.2) is 45.6 Å². The third-order valence-electron chi connectivity index (χ3n) is 6.34. The van der Waals surface area contributed by atoms with E-state index in [1.807, 2.05) is 51.2 Å². The molecular formula is C31H46O7S. The molecule has 1 aliphatic heterocycles. The Kier molecular flexibility index (Phi) is 14.2. The molecule has 39 heavy (non-hydrogen) atoms. The van der Waals surface area contributed by atoms with E-state index in [4.69, 9.17) is 13.7 Å². The van der Waals surface area contributed by atoms with Crippen molar-refractivity contribution in [3.05, 3.63) is 66.3 Å². The number of unbranched alkanes of at least 4 members (excludes halogenated alkanes) is 4. The fraction of sp³-hybridized carbons (Fsp3) is 0.581. The number of hydrogen-bond acceptors (Lipinski definition) is 7. The molecule has 0 radical (unpaired) electrons. The Hall–Kier alpha value is -2.26. The zero-order valence-corrected chi connectivity index (χ0v) is 25.0. The molecule has 2 rings (SSSR count). The van der Waals surface area contributed by atoms with Gasteiger partial charge in [0.2, 0.25) is 0 Å². The summed E-state index contributed by atoms with van der Waals surface area (Å²) in [5.74, 6) is -1.09. The minimum Gasteiger partial charge on any atom is -0.469 e. The van der Waals surface area contributed by atoms with Crippen LogP contribution < -0.4 is 0 Å². The quantitative estimate of drug-likeness (QED) is 0.0877. The van der Waals surface area contributed by atoms with Crippen molar-refractivity contribution in [2.45, 2.75) is 114 Å². The summed E-state index contributed by atoms with van der Waals surface area (Å²) in [6.07, 6.45) is 17.5. The fourth-order valence-electron chi connectivity index (χ4n) is 4.24. The third-order valence-corrected chi connectivity index (χ3v) is 7.69. The number of carbonyl (C=O) groups is 1. The Morgan fingerprint density at radius 3 is 2.38 bits per heavy atom. The maximum atomic E-state index is 13.2. The summed E-state index contributed by atoms with van der Waals surface area (Å²) >= 11 is 0. The number of benzene rings is 1. The molecule has 1 aromatic rings. The van der Waals surface area contributed by atoms with Gasteiger partial charge in [-0.25, -0.2) is 0 Å². The Bertz CT molecular complexity index is 1050. The summed E-state index contributed by atoms with van der Waals surface area (Å²) in [5, 5.41) is 0. The summed E-state index contributed by atoms with van der Waals surface area (Å²) in [5.41, 5.74) is 0.970. The molecular weight excluding hydrogens is 516 g/mol. The van der Waals surface area contributed by atoms with Crippen molar-refractivity contribution in [3.63, 3.8) is 0 Å². The van der Waals surface area contributed by atoms with Gasteiger partial charge in [0, 0.05) is 6.42 Å². The Labute approximate surface area is 235 Å². The second-order valence-corrected chi connectivity index (χ2v) is 11.8. The van der Waals surface area contributed by atoms with Crippen LogP contribution >= 0.6 is 0 Å². The number of carbonyl (C=O) groups excluding carboxylic acids is 1. The lowest BCUT2D eigenvalue weighted by molar-refractivity contribution is -0.151. The predicted octanol–water partition coefficient (Wildman–Crippen LogP) is 6.96. The van der Waals surface area contributed by atoms with Crippen LogP contribution in [0, 0.1) is 6.92 Å². The maximum absolute atomic E-state index is 13.2. The molecule has 1 aromatic carbocycles. The average Bonchev–Trinajstić information content (AvgIpc) is 3.21. The highest BCUT2D eigenvalue weighted by Crippen LogP contribution is 2.34. The molecule has 0 saturated carbocycles. The van der Waals surface area contributed by atoms with E-state index < -0.39 is 34.2 Å². The van der Waals surface area contributed by atoms with Crippen molar-refractivity contribution in [3.8, 4) is 0 Å². The average molecular weight is 563 g/mol. The number of aryl methyl sites for hydroxylation is 1. The second kappa shape index (κ2) is 16.8. The molecule has 8 heteroatoms. The highest BCUT2D eigenvalue weighted by atomic mass is 32.2. The van der Waals surface area contributed by atoms with Gasteiger partial charge < -0.3 is 14.2 Å². The summed E-state index contributed by atoms with van der Waals surface area (Å²) in [6.45, 7) is 7.71.